The van der Waals surface area contributed by atoms with Gasteiger partial charge in [0.05, 0.1) is 5.56 Å². The first kappa shape index (κ1) is 9.15. The van der Waals surface area contributed by atoms with Crippen LogP contribution in [-0.2, 0) is 0 Å². The number of carbonyl (C=O) groups is 1. The topological polar surface area (TPSA) is 68.0 Å². The van der Waals surface area contributed by atoms with Crippen LogP contribution in [-0.4, -0.2) is 23.0 Å². The summed E-state index contributed by atoms with van der Waals surface area (Å²) in [4.78, 5) is 15.4. The van der Waals surface area contributed by atoms with E-state index in [1.165, 1.54) is 0 Å². The van der Waals surface area contributed by atoms with E-state index in [1.54, 1.807) is 24.5 Å². The lowest BCUT2D eigenvalue weighted by atomic mass is 9.87. The molecule has 14 heavy (non-hydrogen) atoms. The number of aromatic nitrogens is 1. The fourth-order valence-electron chi connectivity index (χ4n) is 1.55. The van der Waals surface area contributed by atoms with Crippen LogP contribution in [0, 0.1) is 0 Å². The van der Waals surface area contributed by atoms with E-state index in [0.717, 1.165) is 12.8 Å². The minimum Gasteiger partial charge on any atom is -0.349 e. The first-order valence-corrected chi connectivity index (χ1v) is 4.72. The Morgan fingerprint density at radius 3 is 2.93 bits per heavy atom. The first-order valence-electron chi connectivity index (χ1n) is 4.72. The van der Waals surface area contributed by atoms with Crippen LogP contribution in [0.25, 0.3) is 0 Å². The van der Waals surface area contributed by atoms with Gasteiger partial charge in [-0.2, -0.15) is 0 Å². The van der Waals surface area contributed by atoms with E-state index in [1.807, 2.05) is 0 Å². The van der Waals surface area contributed by atoms with E-state index < -0.39 is 0 Å². The molecule has 0 aliphatic heterocycles. The minimum absolute atomic E-state index is 0.0602. The van der Waals surface area contributed by atoms with Gasteiger partial charge in [-0.25, -0.2) is 0 Å². The average Bonchev–Trinajstić information content (AvgIpc) is 2.17. The second-order valence-electron chi connectivity index (χ2n) is 3.64. The zero-order valence-corrected chi connectivity index (χ0v) is 7.81. The smallest absolute Gasteiger partial charge is 0.253 e. The Bertz CT molecular complexity index is 319. The Hall–Kier alpha value is -1.42. The third-order valence-electron chi connectivity index (χ3n) is 2.43. The average molecular weight is 191 g/mol. The zero-order chi connectivity index (χ0) is 9.97. The summed E-state index contributed by atoms with van der Waals surface area (Å²) in [5.74, 6) is -0.0602. The lowest BCUT2D eigenvalue weighted by molar-refractivity contribution is 0.0910. The van der Waals surface area contributed by atoms with Crippen LogP contribution >= 0.6 is 0 Å². The second kappa shape index (κ2) is 3.75. The van der Waals surface area contributed by atoms with Gasteiger partial charge in [0, 0.05) is 24.5 Å². The molecule has 0 bridgehead atoms. The molecule has 1 aromatic rings. The highest BCUT2D eigenvalue weighted by Crippen LogP contribution is 2.17. The molecular weight excluding hydrogens is 178 g/mol. The van der Waals surface area contributed by atoms with Gasteiger partial charge in [-0.3, -0.25) is 9.78 Å². The standard InChI is InChI=1S/C10H13N3O/c11-8-4-9(5-8)13-10(14)7-2-1-3-12-6-7/h1-3,6,8-9H,4-5,11H2,(H,13,14). The van der Waals surface area contributed by atoms with Gasteiger partial charge in [0.25, 0.3) is 5.91 Å². The number of hydrogen-bond donors (Lipinski definition) is 2. The van der Waals surface area contributed by atoms with Crippen LogP contribution in [0.3, 0.4) is 0 Å². The van der Waals surface area contributed by atoms with Crippen LogP contribution in [0.2, 0.25) is 0 Å². The number of carbonyl (C=O) groups excluding carboxylic acids is 1. The number of hydrogen-bond acceptors (Lipinski definition) is 3. The molecule has 0 saturated heterocycles. The fourth-order valence-corrected chi connectivity index (χ4v) is 1.55. The van der Waals surface area contributed by atoms with Gasteiger partial charge in [0.2, 0.25) is 0 Å². The zero-order valence-electron chi connectivity index (χ0n) is 7.81. The molecule has 1 fully saturated rings. The van der Waals surface area contributed by atoms with E-state index in [0.29, 0.717) is 5.56 Å². The molecule has 0 aromatic carbocycles. The molecule has 4 heteroatoms. The van der Waals surface area contributed by atoms with E-state index >= 15 is 0 Å². The Morgan fingerprint density at radius 2 is 2.36 bits per heavy atom. The minimum atomic E-state index is -0.0602. The highest BCUT2D eigenvalue weighted by molar-refractivity contribution is 5.94. The van der Waals surface area contributed by atoms with Gasteiger partial charge in [0.15, 0.2) is 0 Å². The fraction of sp³-hybridized carbons (Fsp3) is 0.400. The van der Waals surface area contributed by atoms with Crippen LogP contribution < -0.4 is 11.1 Å². The number of pyridine rings is 1. The van der Waals surface area contributed by atoms with Crippen LogP contribution in [0.15, 0.2) is 24.5 Å². The van der Waals surface area contributed by atoms with Crippen molar-refractivity contribution in [1.29, 1.82) is 0 Å². The summed E-state index contributed by atoms with van der Waals surface area (Å²) in [7, 11) is 0. The van der Waals surface area contributed by atoms with Crippen molar-refractivity contribution in [3.05, 3.63) is 30.1 Å². The van der Waals surface area contributed by atoms with Gasteiger partial charge in [-0.15, -0.1) is 0 Å². The number of nitrogens with two attached hydrogens (primary N) is 1. The van der Waals surface area contributed by atoms with Crippen LogP contribution in [0.4, 0.5) is 0 Å². The largest absolute Gasteiger partial charge is 0.349 e. The molecule has 74 valence electrons. The second-order valence-corrected chi connectivity index (χ2v) is 3.64. The normalized spacial score (nSPS) is 25.2. The summed E-state index contributed by atoms with van der Waals surface area (Å²) in [6, 6.07) is 4.01. The van der Waals surface area contributed by atoms with E-state index in [9.17, 15) is 4.79 Å². The Labute approximate surface area is 82.5 Å². The van der Waals surface area contributed by atoms with Crippen molar-refractivity contribution in [2.45, 2.75) is 24.9 Å². The maximum absolute atomic E-state index is 11.6. The van der Waals surface area contributed by atoms with Gasteiger partial charge >= 0.3 is 0 Å². The Morgan fingerprint density at radius 1 is 1.57 bits per heavy atom. The molecule has 2 rings (SSSR count). The summed E-state index contributed by atoms with van der Waals surface area (Å²) in [5, 5.41) is 2.90. The molecular formula is C10H13N3O. The maximum Gasteiger partial charge on any atom is 0.253 e. The van der Waals surface area contributed by atoms with Crippen LogP contribution in [0.1, 0.15) is 23.2 Å². The van der Waals surface area contributed by atoms with Crippen LogP contribution in [0.5, 0.6) is 0 Å². The predicted molar refractivity (Wildman–Crippen MR) is 52.7 cm³/mol. The first-order chi connectivity index (χ1) is 6.75. The van der Waals surface area contributed by atoms with E-state index in [-0.39, 0.29) is 18.0 Å². The Kier molecular flexibility index (Phi) is 2.45. The molecule has 1 aliphatic rings. The third kappa shape index (κ3) is 1.90. The van der Waals surface area contributed by atoms with Crippen molar-refractivity contribution >= 4 is 5.91 Å². The molecule has 0 radical (unpaired) electrons. The summed E-state index contributed by atoms with van der Waals surface area (Å²) in [6.07, 6.45) is 4.97. The molecule has 1 saturated carbocycles. The predicted octanol–water partition coefficient (Wildman–Crippen LogP) is 0.301. The molecule has 0 unspecified atom stereocenters. The van der Waals surface area contributed by atoms with Crippen molar-refractivity contribution in [3.8, 4) is 0 Å². The molecule has 1 heterocycles. The van der Waals surface area contributed by atoms with Gasteiger partial charge in [0.1, 0.15) is 0 Å². The number of rotatable bonds is 2. The van der Waals surface area contributed by atoms with Crippen molar-refractivity contribution < 1.29 is 4.79 Å². The molecule has 1 aromatic heterocycles. The summed E-state index contributed by atoms with van der Waals surface area (Å²) >= 11 is 0. The molecule has 0 spiro atoms. The highest BCUT2D eigenvalue weighted by Gasteiger charge is 2.27. The summed E-state index contributed by atoms with van der Waals surface area (Å²) in [5.41, 5.74) is 6.22. The molecule has 1 aliphatic carbocycles. The SMILES string of the molecule is NC1CC(NC(=O)c2cccnc2)C1. The van der Waals surface area contributed by atoms with Crippen molar-refractivity contribution in [2.75, 3.05) is 0 Å². The lowest BCUT2D eigenvalue weighted by Crippen LogP contribution is -2.50. The maximum atomic E-state index is 11.6. The van der Waals surface area contributed by atoms with E-state index in [4.69, 9.17) is 5.73 Å². The van der Waals surface area contributed by atoms with Crippen molar-refractivity contribution in [2.24, 2.45) is 5.73 Å². The van der Waals surface area contributed by atoms with Gasteiger partial charge < -0.3 is 11.1 Å². The molecule has 3 N–H and O–H groups in total. The molecule has 1 amide bonds. The summed E-state index contributed by atoms with van der Waals surface area (Å²) < 4.78 is 0. The van der Waals surface area contributed by atoms with Gasteiger partial charge in [-0.1, -0.05) is 0 Å². The third-order valence-corrected chi connectivity index (χ3v) is 2.43. The van der Waals surface area contributed by atoms with E-state index in [2.05, 4.69) is 10.3 Å². The number of amides is 1. The summed E-state index contributed by atoms with van der Waals surface area (Å²) in [6.45, 7) is 0. The quantitative estimate of drug-likeness (QED) is 0.706. The molecule has 4 nitrogen and oxygen atoms in total. The number of nitrogens with zero attached hydrogens (tertiary/aromatic N) is 1. The highest BCUT2D eigenvalue weighted by atomic mass is 16.1. The van der Waals surface area contributed by atoms with Gasteiger partial charge in [-0.05, 0) is 25.0 Å². The van der Waals surface area contributed by atoms with Crippen molar-refractivity contribution in [3.63, 3.8) is 0 Å². The number of nitrogens with one attached hydrogen (secondary N) is 1. The lowest BCUT2D eigenvalue weighted by Gasteiger charge is -2.32. The monoisotopic (exact) mass is 191 g/mol. The van der Waals surface area contributed by atoms with Crippen molar-refractivity contribution in [1.82, 2.24) is 10.3 Å². The Balaban J connectivity index is 1.90. The molecule has 0 atom stereocenters.